The summed E-state index contributed by atoms with van der Waals surface area (Å²) in [5, 5.41) is 0. The molecule has 0 aromatic heterocycles. The fourth-order valence-corrected chi connectivity index (χ4v) is 2.39. The van der Waals surface area contributed by atoms with Crippen molar-refractivity contribution in [1.82, 2.24) is 0 Å². The average molecular weight is 352 g/mol. The Labute approximate surface area is 128 Å². The zero-order chi connectivity index (χ0) is 16.0. The zero-order valence-electron chi connectivity index (χ0n) is 11.1. The molecule has 0 heterocycles. The summed E-state index contributed by atoms with van der Waals surface area (Å²) in [5.41, 5.74) is 1.45. The first kappa shape index (κ1) is 19.0. The monoisotopic (exact) mass is 351 g/mol. The van der Waals surface area contributed by atoms with Crippen LogP contribution in [0.15, 0.2) is 12.1 Å². The van der Waals surface area contributed by atoms with Gasteiger partial charge in [0.1, 0.15) is 5.82 Å². The molecule has 0 amide bonds. The summed E-state index contributed by atoms with van der Waals surface area (Å²) in [6, 6.07) is -1.25. The van der Waals surface area contributed by atoms with Gasteiger partial charge in [0.2, 0.25) is 0 Å². The smallest absolute Gasteiger partial charge is 0.324 e. The second-order valence-electron chi connectivity index (χ2n) is 5.13. The van der Waals surface area contributed by atoms with Crippen LogP contribution in [0.25, 0.3) is 0 Å². The molecule has 0 radical (unpaired) electrons. The maximum absolute atomic E-state index is 13.9. The number of benzene rings is 1. The Hall–Kier alpha value is -1.02. The largest absolute Gasteiger partial charge is 0.416 e. The van der Waals surface area contributed by atoms with E-state index in [0.29, 0.717) is 12.8 Å². The average Bonchev–Trinajstić information content (AvgIpc) is 2.22. The highest BCUT2D eigenvalue weighted by Crippen LogP contribution is 2.44. The molecule has 0 bridgehead atoms. The first-order valence-corrected chi connectivity index (χ1v) is 6.25. The maximum atomic E-state index is 13.9. The van der Waals surface area contributed by atoms with Crippen LogP contribution < -0.4 is 5.73 Å². The van der Waals surface area contributed by atoms with Crippen molar-refractivity contribution in [3.8, 4) is 0 Å². The van der Waals surface area contributed by atoms with Crippen molar-refractivity contribution in [2.75, 3.05) is 0 Å². The first-order valence-electron chi connectivity index (χ1n) is 6.25. The Bertz CT molecular complexity index is 534. The first-order chi connectivity index (χ1) is 9.51. The highest BCUT2D eigenvalue weighted by atomic mass is 35.5. The van der Waals surface area contributed by atoms with Gasteiger partial charge in [-0.2, -0.15) is 26.3 Å². The lowest BCUT2D eigenvalue weighted by molar-refractivity contribution is -0.144. The van der Waals surface area contributed by atoms with E-state index in [-0.39, 0.29) is 30.5 Å². The van der Waals surface area contributed by atoms with Gasteiger partial charge in [0.15, 0.2) is 0 Å². The van der Waals surface area contributed by atoms with Gasteiger partial charge in [-0.3, -0.25) is 0 Å². The van der Waals surface area contributed by atoms with E-state index in [9.17, 15) is 30.7 Å². The third kappa shape index (κ3) is 3.65. The number of hydrogen-bond donors (Lipinski definition) is 1. The molecule has 1 aromatic rings. The van der Waals surface area contributed by atoms with Gasteiger partial charge in [0.05, 0.1) is 11.1 Å². The zero-order valence-corrected chi connectivity index (χ0v) is 11.9. The molecule has 1 saturated carbocycles. The Morgan fingerprint density at radius 3 is 1.91 bits per heavy atom. The molecule has 0 unspecified atom stereocenters. The molecular weight excluding hydrogens is 339 g/mol. The fraction of sp³-hybridized carbons (Fsp3) is 0.538. The lowest BCUT2D eigenvalue weighted by Crippen LogP contribution is -2.30. The summed E-state index contributed by atoms with van der Waals surface area (Å²) >= 11 is 0. The molecule has 126 valence electrons. The SMILES string of the molecule is Cl.N[C@H](c1c(F)cc(C(F)(F)F)cc1C(F)(F)F)C1CCC1. The van der Waals surface area contributed by atoms with Gasteiger partial charge in [-0.25, -0.2) is 4.39 Å². The van der Waals surface area contributed by atoms with Gasteiger partial charge in [-0.05, 0) is 30.9 Å². The van der Waals surface area contributed by atoms with Crippen LogP contribution in [0.5, 0.6) is 0 Å². The van der Waals surface area contributed by atoms with Crippen molar-refractivity contribution in [3.05, 3.63) is 34.6 Å². The topological polar surface area (TPSA) is 26.0 Å². The third-order valence-electron chi connectivity index (χ3n) is 3.75. The van der Waals surface area contributed by atoms with Crippen molar-refractivity contribution in [2.45, 2.75) is 37.7 Å². The highest BCUT2D eigenvalue weighted by Gasteiger charge is 2.42. The molecular formula is C13H13ClF7N. The van der Waals surface area contributed by atoms with Crippen molar-refractivity contribution in [1.29, 1.82) is 0 Å². The molecule has 22 heavy (non-hydrogen) atoms. The minimum atomic E-state index is -5.10. The number of hydrogen-bond acceptors (Lipinski definition) is 1. The molecule has 1 aliphatic carbocycles. The molecule has 0 saturated heterocycles. The molecule has 1 fully saturated rings. The number of rotatable bonds is 2. The Balaban J connectivity index is 0.00000242. The van der Waals surface area contributed by atoms with E-state index in [1.165, 1.54) is 0 Å². The van der Waals surface area contributed by atoms with Crippen LogP contribution in [-0.4, -0.2) is 0 Å². The number of alkyl halides is 6. The minimum Gasteiger partial charge on any atom is -0.324 e. The summed E-state index contributed by atoms with van der Waals surface area (Å²) in [7, 11) is 0. The summed E-state index contributed by atoms with van der Waals surface area (Å²) in [5.74, 6) is -1.89. The number of nitrogens with two attached hydrogens (primary N) is 1. The Kier molecular flexibility index (Phi) is 5.39. The summed E-state index contributed by atoms with van der Waals surface area (Å²) in [6.07, 6.45) is -8.31. The molecule has 1 nitrogen and oxygen atoms in total. The van der Waals surface area contributed by atoms with E-state index in [0.717, 1.165) is 6.42 Å². The molecule has 0 spiro atoms. The van der Waals surface area contributed by atoms with Gasteiger partial charge in [-0.15, -0.1) is 12.4 Å². The molecule has 1 aromatic carbocycles. The predicted molar refractivity (Wildman–Crippen MR) is 67.9 cm³/mol. The normalized spacial score (nSPS) is 17.6. The van der Waals surface area contributed by atoms with Crippen molar-refractivity contribution in [2.24, 2.45) is 11.7 Å². The lowest BCUT2D eigenvalue weighted by Gasteiger charge is -2.33. The Morgan fingerprint density at radius 2 is 1.55 bits per heavy atom. The van der Waals surface area contributed by atoms with Crippen LogP contribution in [0.1, 0.15) is 42.0 Å². The molecule has 2 rings (SSSR count). The van der Waals surface area contributed by atoms with Gasteiger partial charge < -0.3 is 5.73 Å². The van der Waals surface area contributed by atoms with E-state index in [2.05, 4.69) is 0 Å². The molecule has 9 heteroatoms. The fourth-order valence-electron chi connectivity index (χ4n) is 2.39. The van der Waals surface area contributed by atoms with Crippen LogP contribution in [0.2, 0.25) is 0 Å². The molecule has 2 N–H and O–H groups in total. The van der Waals surface area contributed by atoms with Crippen molar-refractivity contribution < 1.29 is 30.7 Å². The lowest BCUT2D eigenvalue weighted by atomic mass is 9.76. The van der Waals surface area contributed by atoms with Crippen LogP contribution in [0.3, 0.4) is 0 Å². The predicted octanol–water partition coefficient (Wildman–Crippen LogP) is 5.09. The van der Waals surface area contributed by atoms with Gasteiger partial charge in [0.25, 0.3) is 0 Å². The summed E-state index contributed by atoms with van der Waals surface area (Å²) in [4.78, 5) is 0. The minimum absolute atomic E-state index is 0. The van der Waals surface area contributed by atoms with E-state index in [1.54, 1.807) is 0 Å². The van der Waals surface area contributed by atoms with Crippen LogP contribution in [0, 0.1) is 11.7 Å². The van der Waals surface area contributed by atoms with Crippen molar-refractivity contribution in [3.63, 3.8) is 0 Å². The molecule has 1 aliphatic rings. The van der Waals surface area contributed by atoms with E-state index in [4.69, 9.17) is 5.73 Å². The van der Waals surface area contributed by atoms with Crippen molar-refractivity contribution >= 4 is 12.4 Å². The van der Waals surface area contributed by atoms with E-state index in [1.807, 2.05) is 0 Å². The summed E-state index contributed by atoms with van der Waals surface area (Å²) in [6.45, 7) is 0. The van der Waals surface area contributed by atoms with Gasteiger partial charge >= 0.3 is 12.4 Å². The van der Waals surface area contributed by atoms with Gasteiger partial charge in [0, 0.05) is 11.6 Å². The van der Waals surface area contributed by atoms with Crippen LogP contribution in [-0.2, 0) is 12.4 Å². The quantitative estimate of drug-likeness (QED) is 0.738. The standard InChI is InChI=1S/C13H12F7N.ClH/c14-9-5-7(12(15,16)17)4-8(13(18,19)20)10(9)11(21)6-2-1-3-6;/h4-6,11H,1-3,21H2;1H/t11-;/m0./s1. The highest BCUT2D eigenvalue weighted by molar-refractivity contribution is 5.85. The Morgan fingerprint density at radius 1 is 1.00 bits per heavy atom. The second-order valence-corrected chi connectivity index (χ2v) is 5.13. The van der Waals surface area contributed by atoms with Crippen LogP contribution in [0.4, 0.5) is 30.7 Å². The van der Waals surface area contributed by atoms with E-state index >= 15 is 0 Å². The second kappa shape index (κ2) is 6.23. The molecule has 1 atom stereocenters. The van der Waals surface area contributed by atoms with Gasteiger partial charge in [-0.1, -0.05) is 6.42 Å². The maximum Gasteiger partial charge on any atom is 0.416 e. The molecule has 0 aliphatic heterocycles. The number of halogens is 8. The third-order valence-corrected chi connectivity index (χ3v) is 3.75. The summed E-state index contributed by atoms with van der Waals surface area (Å²) < 4.78 is 90.3. The van der Waals surface area contributed by atoms with E-state index < -0.39 is 40.9 Å². The van der Waals surface area contributed by atoms with Crippen LogP contribution >= 0.6 is 12.4 Å².